The molecule has 2 rings (SSSR count). The van der Waals surface area contributed by atoms with Crippen LogP contribution in [0.2, 0.25) is 0 Å². The van der Waals surface area contributed by atoms with Gasteiger partial charge in [-0.2, -0.15) is 5.26 Å². The van der Waals surface area contributed by atoms with Crippen molar-refractivity contribution in [1.82, 2.24) is 4.98 Å². The fourth-order valence-corrected chi connectivity index (χ4v) is 2.31. The third-order valence-corrected chi connectivity index (χ3v) is 3.37. The van der Waals surface area contributed by atoms with Crippen molar-refractivity contribution in [1.29, 1.82) is 5.26 Å². The monoisotopic (exact) mass is 281 g/mol. The number of aliphatic hydroxyl groups is 1. The number of nitrogens with zero attached hydrogens (tertiary/aromatic N) is 3. The van der Waals surface area contributed by atoms with Crippen LogP contribution >= 0.6 is 0 Å². The summed E-state index contributed by atoms with van der Waals surface area (Å²) in [6, 6.07) is 13.4. The molecule has 0 spiro atoms. The van der Waals surface area contributed by atoms with Crippen LogP contribution in [0.25, 0.3) is 0 Å². The first kappa shape index (κ1) is 15.0. The van der Waals surface area contributed by atoms with Gasteiger partial charge in [0.05, 0.1) is 30.0 Å². The van der Waals surface area contributed by atoms with E-state index >= 15 is 0 Å². The molecule has 21 heavy (non-hydrogen) atoms. The average Bonchev–Trinajstić information content (AvgIpc) is 2.46. The second-order valence-corrected chi connectivity index (χ2v) is 5.19. The number of aryl methyl sites for hydroxylation is 1. The lowest BCUT2D eigenvalue weighted by molar-refractivity contribution is 0.199. The van der Waals surface area contributed by atoms with Crippen molar-refractivity contribution in [3.05, 3.63) is 58.9 Å². The Bertz CT molecular complexity index is 674. The van der Waals surface area contributed by atoms with E-state index in [4.69, 9.17) is 5.26 Å². The van der Waals surface area contributed by atoms with E-state index in [-0.39, 0.29) is 0 Å². The van der Waals surface area contributed by atoms with Gasteiger partial charge in [0.15, 0.2) is 0 Å². The second-order valence-electron chi connectivity index (χ2n) is 5.19. The minimum Gasteiger partial charge on any atom is -0.389 e. The van der Waals surface area contributed by atoms with Crippen molar-refractivity contribution in [2.45, 2.75) is 26.5 Å². The van der Waals surface area contributed by atoms with Crippen LogP contribution in [0.1, 0.15) is 35.5 Å². The summed E-state index contributed by atoms with van der Waals surface area (Å²) in [5.74, 6) is 0. The zero-order chi connectivity index (χ0) is 15.4. The molecule has 1 heterocycles. The molecular weight excluding hydrogens is 262 g/mol. The topological polar surface area (TPSA) is 60.2 Å². The molecule has 0 aliphatic rings. The molecule has 1 atom stereocenters. The van der Waals surface area contributed by atoms with Crippen LogP contribution < -0.4 is 4.90 Å². The number of hydrogen-bond acceptors (Lipinski definition) is 4. The lowest BCUT2D eigenvalue weighted by atomic mass is 10.0. The standard InChI is InChI=1S/C17H19N3O/c1-12-5-4-6-15(19-12)11-20(3)17-9-14(10-18)7-8-16(17)13(2)21/h4-9,13,21H,11H2,1-3H3/t13-/m1/s1. The van der Waals surface area contributed by atoms with Crippen LogP contribution in [-0.4, -0.2) is 17.1 Å². The van der Waals surface area contributed by atoms with Crippen LogP contribution in [0.5, 0.6) is 0 Å². The Kier molecular flexibility index (Phi) is 4.56. The molecule has 0 aliphatic heterocycles. The SMILES string of the molecule is Cc1cccc(CN(C)c2cc(C#N)ccc2[C@@H](C)O)n1. The van der Waals surface area contributed by atoms with Crippen LogP contribution in [0.3, 0.4) is 0 Å². The molecule has 1 aromatic heterocycles. The minimum absolute atomic E-state index is 0.582. The normalized spacial score (nSPS) is 11.8. The molecule has 108 valence electrons. The van der Waals surface area contributed by atoms with Gasteiger partial charge < -0.3 is 10.0 Å². The Morgan fingerprint density at radius 1 is 1.33 bits per heavy atom. The summed E-state index contributed by atoms with van der Waals surface area (Å²) < 4.78 is 0. The highest BCUT2D eigenvalue weighted by Gasteiger charge is 2.13. The first-order valence-corrected chi connectivity index (χ1v) is 6.87. The Morgan fingerprint density at radius 2 is 2.10 bits per heavy atom. The van der Waals surface area contributed by atoms with Gasteiger partial charge in [0.2, 0.25) is 0 Å². The lowest BCUT2D eigenvalue weighted by Gasteiger charge is -2.23. The Hall–Kier alpha value is -2.38. The Morgan fingerprint density at radius 3 is 2.71 bits per heavy atom. The molecule has 2 aromatic rings. The maximum Gasteiger partial charge on any atom is 0.0992 e. The number of rotatable bonds is 4. The molecule has 4 heteroatoms. The number of hydrogen-bond donors (Lipinski definition) is 1. The highest BCUT2D eigenvalue weighted by atomic mass is 16.3. The number of benzene rings is 1. The summed E-state index contributed by atoms with van der Waals surface area (Å²) in [7, 11) is 1.94. The molecule has 0 fully saturated rings. The molecule has 0 unspecified atom stereocenters. The van der Waals surface area contributed by atoms with Gasteiger partial charge in [-0.15, -0.1) is 0 Å². The van der Waals surface area contributed by atoms with E-state index in [1.807, 2.05) is 37.1 Å². The number of pyridine rings is 1. The summed E-state index contributed by atoms with van der Waals surface area (Å²) >= 11 is 0. The predicted molar refractivity (Wildman–Crippen MR) is 82.9 cm³/mol. The third kappa shape index (κ3) is 3.59. The van der Waals surface area contributed by atoms with Crippen LogP contribution in [0, 0.1) is 18.3 Å². The quantitative estimate of drug-likeness (QED) is 0.936. The van der Waals surface area contributed by atoms with Gasteiger partial charge in [-0.25, -0.2) is 0 Å². The number of aromatic nitrogens is 1. The van der Waals surface area contributed by atoms with Gasteiger partial charge in [-0.05, 0) is 38.1 Å². The summed E-state index contributed by atoms with van der Waals surface area (Å²) in [6.07, 6.45) is -0.583. The van der Waals surface area contributed by atoms with E-state index in [1.165, 1.54) is 0 Å². The largest absolute Gasteiger partial charge is 0.389 e. The molecule has 0 saturated heterocycles. The zero-order valence-electron chi connectivity index (χ0n) is 12.5. The summed E-state index contributed by atoms with van der Waals surface area (Å²) in [5.41, 5.74) is 4.17. The number of nitriles is 1. The molecule has 0 amide bonds. The van der Waals surface area contributed by atoms with E-state index in [0.29, 0.717) is 12.1 Å². The summed E-state index contributed by atoms with van der Waals surface area (Å²) in [4.78, 5) is 6.49. The van der Waals surface area contributed by atoms with Crippen molar-refractivity contribution in [3.8, 4) is 6.07 Å². The average molecular weight is 281 g/mol. The van der Waals surface area contributed by atoms with Crippen molar-refractivity contribution in [3.63, 3.8) is 0 Å². The second kappa shape index (κ2) is 6.38. The van der Waals surface area contributed by atoms with Gasteiger partial charge in [0, 0.05) is 24.0 Å². The van der Waals surface area contributed by atoms with Crippen molar-refractivity contribution < 1.29 is 5.11 Å². The molecule has 4 nitrogen and oxygen atoms in total. The summed E-state index contributed by atoms with van der Waals surface area (Å²) in [6.45, 7) is 4.31. The molecular formula is C17H19N3O. The first-order valence-electron chi connectivity index (χ1n) is 6.87. The molecule has 0 radical (unpaired) electrons. The smallest absolute Gasteiger partial charge is 0.0992 e. The summed E-state index contributed by atoms with van der Waals surface area (Å²) in [5, 5.41) is 19.0. The van der Waals surface area contributed by atoms with Crippen LogP contribution in [0.4, 0.5) is 5.69 Å². The molecule has 0 bridgehead atoms. The van der Waals surface area contributed by atoms with Gasteiger partial charge in [-0.1, -0.05) is 12.1 Å². The Labute approximate surface area is 125 Å². The van der Waals surface area contributed by atoms with E-state index in [0.717, 1.165) is 22.6 Å². The van der Waals surface area contributed by atoms with Crippen molar-refractivity contribution >= 4 is 5.69 Å². The van der Waals surface area contributed by atoms with Gasteiger partial charge in [0.25, 0.3) is 0 Å². The van der Waals surface area contributed by atoms with Gasteiger partial charge in [0.1, 0.15) is 0 Å². The minimum atomic E-state index is -0.583. The van der Waals surface area contributed by atoms with Gasteiger partial charge >= 0.3 is 0 Å². The molecule has 1 N–H and O–H groups in total. The highest BCUT2D eigenvalue weighted by Crippen LogP contribution is 2.27. The van der Waals surface area contributed by atoms with Crippen LogP contribution in [-0.2, 0) is 6.54 Å². The van der Waals surface area contributed by atoms with E-state index in [1.54, 1.807) is 25.1 Å². The Balaban J connectivity index is 2.33. The van der Waals surface area contributed by atoms with Gasteiger partial charge in [-0.3, -0.25) is 4.98 Å². The third-order valence-electron chi connectivity index (χ3n) is 3.37. The first-order chi connectivity index (χ1) is 10.0. The van der Waals surface area contributed by atoms with Crippen LogP contribution in [0.15, 0.2) is 36.4 Å². The zero-order valence-corrected chi connectivity index (χ0v) is 12.5. The molecule has 1 aromatic carbocycles. The van der Waals surface area contributed by atoms with E-state index in [9.17, 15) is 5.11 Å². The van der Waals surface area contributed by atoms with E-state index in [2.05, 4.69) is 11.1 Å². The lowest BCUT2D eigenvalue weighted by Crippen LogP contribution is -2.19. The van der Waals surface area contributed by atoms with E-state index < -0.39 is 6.10 Å². The van der Waals surface area contributed by atoms with Crippen molar-refractivity contribution in [2.75, 3.05) is 11.9 Å². The van der Waals surface area contributed by atoms with Crippen molar-refractivity contribution in [2.24, 2.45) is 0 Å². The maximum absolute atomic E-state index is 9.90. The molecule has 0 aliphatic carbocycles. The molecule has 0 saturated carbocycles. The fraction of sp³-hybridized carbons (Fsp3) is 0.294. The fourth-order valence-electron chi connectivity index (χ4n) is 2.31. The number of anilines is 1. The highest BCUT2D eigenvalue weighted by molar-refractivity contribution is 5.58. The maximum atomic E-state index is 9.90. The predicted octanol–water partition coefficient (Wildman–Crippen LogP) is 2.95. The number of aliphatic hydroxyl groups excluding tert-OH is 1.